The quantitative estimate of drug-likeness (QED) is 0.873. The number of aromatic nitrogens is 2. The molecule has 0 spiro atoms. The lowest BCUT2D eigenvalue weighted by Gasteiger charge is -2.04. The third-order valence-corrected chi connectivity index (χ3v) is 3.13. The molecule has 0 unspecified atom stereocenters. The summed E-state index contributed by atoms with van der Waals surface area (Å²) in [6, 6.07) is 12.5. The number of nitrogen functional groups attached to an aromatic ring is 1. The molecule has 1 aromatic carbocycles. The Labute approximate surface area is 101 Å². The molecule has 3 nitrogen and oxygen atoms in total. The fourth-order valence-corrected chi connectivity index (χ4v) is 2.05. The number of anilines is 1. The summed E-state index contributed by atoms with van der Waals surface area (Å²) < 4.78 is 0. The summed E-state index contributed by atoms with van der Waals surface area (Å²) in [5.41, 5.74) is 9.25. The van der Waals surface area contributed by atoms with Gasteiger partial charge in [-0.05, 0) is 42.0 Å². The van der Waals surface area contributed by atoms with Gasteiger partial charge in [-0.3, -0.25) is 0 Å². The second-order valence-corrected chi connectivity index (χ2v) is 4.65. The van der Waals surface area contributed by atoms with Crippen molar-refractivity contribution in [2.45, 2.75) is 25.2 Å². The van der Waals surface area contributed by atoms with E-state index in [4.69, 9.17) is 5.73 Å². The van der Waals surface area contributed by atoms with E-state index in [1.807, 2.05) is 6.07 Å². The summed E-state index contributed by atoms with van der Waals surface area (Å²) in [6.45, 7) is 0. The van der Waals surface area contributed by atoms with Crippen LogP contribution in [0.5, 0.6) is 0 Å². The first-order valence-corrected chi connectivity index (χ1v) is 5.98. The largest absolute Gasteiger partial charge is 0.382 e. The van der Waals surface area contributed by atoms with Gasteiger partial charge in [0.15, 0.2) is 0 Å². The maximum absolute atomic E-state index is 5.52. The lowest BCUT2D eigenvalue weighted by molar-refractivity contribution is 0.942. The van der Waals surface area contributed by atoms with Crippen molar-refractivity contribution in [3.63, 3.8) is 0 Å². The first kappa shape index (κ1) is 10.3. The van der Waals surface area contributed by atoms with Crippen LogP contribution in [0.4, 0.5) is 5.82 Å². The van der Waals surface area contributed by atoms with E-state index in [1.54, 1.807) is 6.07 Å². The molecule has 0 amide bonds. The molecule has 0 saturated heterocycles. The van der Waals surface area contributed by atoms with E-state index in [2.05, 4.69) is 34.5 Å². The fourth-order valence-electron chi connectivity index (χ4n) is 2.05. The topological polar surface area (TPSA) is 51.8 Å². The highest BCUT2D eigenvalue weighted by molar-refractivity contribution is 5.32. The van der Waals surface area contributed by atoms with Gasteiger partial charge in [-0.2, -0.15) is 5.10 Å². The standard InChI is InChI=1S/C14H15N3/c15-14-7-6-13(16-17-14)9-10-2-1-3-12(8-10)11-4-5-11/h1-3,6-8,11H,4-5,9H2,(H2,15,17). The third kappa shape index (κ3) is 2.44. The average Bonchev–Trinajstić information content (AvgIpc) is 3.17. The molecule has 17 heavy (non-hydrogen) atoms. The summed E-state index contributed by atoms with van der Waals surface area (Å²) in [5, 5.41) is 7.96. The second kappa shape index (κ2) is 4.17. The van der Waals surface area contributed by atoms with E-state index in [1.165, 1.54) is 24.0 Å². The number of hydrogen-bond acceptors (Lipinski definition) is 3. The molecule has 0 atom stereocenters. The Hall–Kier alpha value is -1.90. The summed E-state index contributed by atoms with van der Waals surface area (Å²) >= 11 is 0. The van der Waals surface area contributed by atoms with E-state index >= 15 is 0 Å². The first-order chi connectivity index (χ1) is 8.31. The Balaban J connectivity index is 1.79. The van der Waals surface area contributed by atoms with E-state index in [0.717, 1.165) is 18.0 Å². The van der Waals surface area contributed by atoms with Crippen LogP contribution in [-0.4, -0.2) is 10.2 Å². The highest BCUT2D eigenvalue weighted by atomic mass is 15.1. The number of nitrogens with two attached hydrogens (primary N) is 1. The summed E-state index contributed by atoms with van der Waals surface area (Å²) in [6.07, 6.45) is 3.50. The minimum Gasteiger partial charge on any atom is -0.382 e. The zero-order valence-corrected chi connectivity index (χ0v) is 9.63. The summed E-state index contributed by atoms with van der Waals surface area (Å²) in [5.74, 6) is 1.27. The smallest absolute Gasteiger partial charge is 0.146 e. The highest BCUT2D eigenvalue weighted by Crippen LogP contribution is 2.40. The van der Waals surface area contributed by atoms with Crippen LogP contribution in [0.25, 0.3) is 0 Å². The van der Waals surface area contributed by atoms with Crippen LogP contribution in [0.2, 0.25) is 0 Å². The van der Waals surface area contributed by atoms with Crippen molar-refractivity contribution in [3.05, 3.63) is 53.2 Å². The Morgan fingerprint density at radius 3 is 2.71 bits per heavy atom. The predicted octanol–water partition coefficient (Wildman–Crippen LogP) is 2.53. The minimum atomic E-state index is 0.473. The molecule has 1 fully saturated rings. The normalized spacial score (nSPS) is 14.8. The zero-order chi connectivity index (χ0) is 11.7. The van der Waals surface area contributed by atoms with Gasteiger partial charge in [-0.25, -0.2) is 0 Å². The second-order valence-electron chi connectivity index (χ2n) is 4.65. The van der Waals surface area contributed by atoms with Crippen molar-refractivity contribution in [1.82, 2.24) is 10.2 Å². The monoisotopic (exact) mass is 225 g/mol. The highest BCUT2D eigenvalue weighted by Gasteiger charge is 2.23. The molecule has 86 valence electrons. The Kier molecular flexibility index (Phi) is 2.52. The molecule has 1 aliphatic carbocycles. The van der Waals surface area contributed by atoms with Gasteiger partial charge < -0.3 is 5.73 Å². The average molecular weight is 225 g/mol. The molecule has 3 heteroatoms. The van der Waals surface area contributed by atoms with Gasteiger partial charge in [0.25, 0.3) is 0 Å². The van der Waals surface area contributed by atoms with Crippen LogP contribution in [0.15, 0.2) is 36.4 Å². The maximum atomic E-state index is 5.52. The van der Waals surface area contributed by atoms with Gasteiger partial charge in [0.2, 0.25) is 0 Å². The molecule has 2 aromatic rings. The lowest BCUT2D eigenvalue weighted by atomic mass is 10.0. The molecular weight excluding hydrogens is 210 g/mol. The maximum Gasteiger partial charge on any atom is 0.146 e. The molecule has 3 rings (SSSR count). The zero-order valence-electron chi connectivity index (χ0n) is 9.63. The SMILES string of the molecule is Nc1ccc(Cc2cccc(C3CC3)c2)nn1. The number of benzene rings is 1. The van der Waals surface area contributed by atoms with E-state index in [-0.39, 0.29) is 0 Å². The first-order valence-electron chi connectivity index (χ1n) is 5.98. The van der Waals surface area contributed by atoms with Gasteiger partial charge in [0, 0.05) is 6.42 Å². The van der Waals surface area contributed by atoms with Crippen molar-refractivity contribution in [2.75, 3.05) is 5.73 Å². The van der Waals surface area contributed by atoms with Gasteiger partial charge in [0.05, 0.1) is 5.69 Å². The molecule has 1 aliphatic rings. The van der Waals surface area contributed by atoms with E-state index < -0.39 is 0 Å². The van der Waals surface area contributed by atoms with Crippen molar-refractivity contribution in [1.29, 1.82) is 0 Å². The Morgan fingerprint density at radius 2 is 2.00 bits per heavy atom. The van der Waals surface area contributed by atoms with Gasteiger partial charge >= 0.3 is 0 Å². The molecule has 1 aromatic heterocycles. The van der Waals surface area contributed by atoms with Crippen molar-refractivity contribution in [2.24, 2.45) is 0 Å². The van der Waals surface area contributed by atoms with Crippen LogP contribution < -0.4 is 5.73 Å². The Morgan fingerprint density at radius 1 is 1.12 bits per heavy atom. The van der Waals surface area contributed by atoms with Gasteiger partial charge in [-0.1, -0.05) is 24.3 Å². The summed E-state index contributed by atoms with van der Waals surface area (Å²) in [7, 11) is 0. The Bertz CT molecular complexity index is 515. The molecule has 1 saturated carbocycles. The van der Waals surface area contributed by atoms with Crippen LogP contribution in [0, 0.1) is 0 Å². The fraction of sp³-hybridized carbons (Fsp3) is 0.286. The van der Waals surface area contributed by atoms with Crippen LogP contribution in [0.1, 0.15) is 35.6 Å². The number of nitrogens with zero attached hydrogens (tertiary/aromatic N) is 2. The van der Waals surface area contributed by atoms with Crippen LogP contribution in [-0.2, 0) is 6.42 Å². The predicted molar refractivity (Wildman–Crippen MR) is 67.7 cm³/mol. The van der Waals surface area contributed by atoms with Crippen LogP contribution in [0.3, 0.4) is 0 Å². The van der Waals surface area contributed by atoms with E-state index in [9.17, 15) is 0 Å². The van der Waals surface area contributed by atoms with E-state index in [0.29, 0.717) is 5.82 Å². The lowest BCUT2D eigenvalue weighted by Crippen LogP contribution is -1.98. The molecule has 2 N–H and O–H groups in total. The molecule has 1 heterocycles. The minimum absolute atomic E-state index is 0.473. The number of hydrogen-bond donors (Lipinski definition) is 1. The molecular formula is C14H15N3. The number of rotatable bonds is 3. The molecule has 0 bridgehead atoms. The van der Waals surface area contributed by atoms with Gasteiger partial charge in [0.1, 0.15) is 5.82 Å². The van der Waals surface area contributed by atoms with Crippen molar-refractivity contribution < 1.29 is 0 Å². The molecule has 0 aliphatic heterocycles. The van der Waals surface area contributed by atoms with Crippen molar-refractivity contribution in [3.8, 4) is 0 Å². The van der Waals surface area contributed by atoms with Gasteiger partial charge in [-0.15, -0.1) is 5.10 Å². The third-order valence-electron chi connectivity index (χ3n) is 3.13. The molecule has 0 radical (unpaired) electrons. The van der Waals surface area contributed by atoms with Crippen molar-refractivity contribution >= 4 is 5.82 Å². The van der Waals surface area contributed by atoms with Crippen LogP contribution >= 0.6 is 0 Å². The summed E-state index contributed by atoms with van der Waals surface area (Å²) in [4.78, 5) is 0.